The van der Waals surface area contributed by atoms with Gasteiger partial charge in [-0.1, -0.05) is 18.2 Å². The van der Waals surface area contributed by atoms with Crippen molar-refractivity contribution in [2.75, 3.05) is 30.2 Å². The SMILES string of the molecule is COc1ccc(Nc2ncnc(NNC(=O)COc3ccccc3)c2N)cc1. The largest absolute Gasteiger partial charge is 0.497 e. The van der Waals surface area contributed by atoms with Crippen LogP contribution in [0.5, 0.6) is 11.5 Å². The molecule has 0 atom stereocenters. The summed E-state index contributed by atoms with van der Waals surface area (Å²) in [6.45, 7) is -0.154. The molecule has 0 aliphatic rings. The maximum atomic E-state index is 11.9. The molecular weight excluding hydrogens is 360 g/mol. The minimum atomic E-state index is -0.383. The summed E-state index contributed by atoms with van der Waals surface area (Å²) in [4.78, 5) is 20.1. The smallest absolute Gasteiger partial charge is 0.276 e. The predicted octanol–water partition coefficient (Wildman–Crippen LogP) is 2.33. The number of methoxy groups -OCH3 is 1. The number of ether oxygens (including phenoxy) is 2. The Labute approximate surface area is 161 Å². The number of hydrogen-bond acceptors (Lipinski definition) is 8. The average Bonchev–Trinajstić information content (AvgIpc) is 2.74. The third kappa shape index (κ3) is 5.01. The predicted molar refractivity (Wildman–Crippen MR) is 106 cm³/mol. The van der Waals surface area contributed by atoms with Crippen LogP contribution in [-0.4, -0.2) is 29.6 Å². The number of anilines is 4. The molecule has 1 aromatic heterocycles. The Kier molecular flexibility index (Phi) is 6.09. The molecule has 3 aromatic rings. The number of hydrogen-bond donors (Lipinski definition) is 4. The lowest BCUT2D eigenvalue weighted by Crippen LogP contribution is -2.34. The van der Waals surface area contributed by atoms with Crippen LogP contribution in [0.1, 0.15) is 0 Å². The molecule has 0 unspecified atom stereocenters. The van der Waals surface area contributed by atoms with Crippen LogP contribution >= 0.6 is 0 Å². The van der Waals surface area contributed by atoms with E-state index in [9.17, 15) is 4.79 Å². The highest BCUT2D eigenvalue weighted by molar-refractivity contribution is 5.82. The number of nitrogen functional groups attached to an aromatic ring is 1. The summed E-state index contributed by atoms with van der Waals surface area (Å²) in [5.41, 5.74) is 12.3. The second-order valence-electron chi connectivity index (χ2n) is 5.61. The summed E-state index contributed by atoms with van der Waals surface area (Å²) in [5.74, 6) is 1.62. The molecule has 1 heterocycles. The Hall–Kier alpha value is -4.01. The normalized spacial score (nSPS) is 10.0. The van der Waals surface area contributed by atoms with Gasteiger partial charge in [-0.05, 0) is 36.4 Å². The van der Waals surface area contributed by atoms with Crippen molar-refractivity contribution in [3.05, 3.63) is 60.9 Å². The Balaban J connectivity index is 1.56. The van der Waals surface area contributed by atoms with E-state index in [4.69, 9.17) is 15.2 Å². The fourth-order valence-electron chi connectivity index (χ4n) is 2.24. The molecule has 0 saturated carbocycles. The summed E-state index contributed by atoms with van der Waals surface area (Å²) in [5, 5.41) is 3.09. The molecule has 144 valence electrons. The lowest BCUT2D eigenvalue weighted by atomic mass is 10.3. The Morgan fingerprint density at radius 2 is 1.71 bits per heavy atom. The first kappa shape index (κ1) is 18.8. The minimum Gasteiger partial charge on any atom is -0.497 e. The van der Waals surface area contributed by atoms with E-state index in [1.54, 1.807) is 19.2 Å². The second kappa shape index (κ2) is 9.08. The second-order valence-corrected chi connectivity index (χ2v) is 5.61. The van der Waals surface area contributed by atoms with Crippen molar-refractivity contribution in [1.82, 2.24) is 15.4 Å². The molecule has 1 amide bonds. The third-order valence-electron chi connectivity index (χ3n) is 3.67. The number of aromatic nitrogens is 2. The summed E-state index contributed by atoms with van der Waals surface area (Å²) in [7, 11) is 1.60. The summed E-state index contributed by atoms with van der Waals surface area (Å²) >= 11 is 0. The van der Waals surface area contributed by atoms with Gasteiger partial charge < -0.3 is 20.5 Å². The zero-order valence-corrected chi connectivity index (χ0v) is 15.2. The quantitative estimate of drug-likeness (QED) is 0.439. The molecule has 0 bridgehead atoms. The van der Waals surface area contributed by atoms with Crippen LogP contribution in [0.25, 0.3) is 0 Å². The maximum Gasteiger partial charge on any atom is 0.276 e. The minimum absolute atomic E-state index is 0.154. The molecule has 0 radical (unpaired) electrons. The molecule has 9 heteroatoms. The van der Waals surface area contributed by atoms with E-state index in [-0.39, 0.29) is 24.0 Å². The zero-order valence-electron chi connectivity index (χ0n) is 15.2. The number of hydrazine groups is 1. The summed E-state index contributed by atoms with van der Waals surface area (Å²) in [6, 6.07) is 16.3. The lowest BCUT2D eigenvalue weighted by molar-refractivity contribution is -0.122. The lowest BCUT2D eigenvalue weighted by Gasteiger charge is -2.13. The molecular formula is C19H20N6O3. The van der Waals surface area contributed by atoms with Crippen molar-refractivity contribution < 1.29 is 14.3 Å². The van der Waals surface area contributed by atoms with Gasteiger partial charge in [-0.3, -0.25) is 15.6 Å². The molecule has 0 aliphatic carbocycles. The van der Waals surface area contributed by atoms with Crippen molar-refractivity contribution in [2.45, 2.75) is 0 Å². The number of rotatable bonds is 8. The van der Waals surface area contributed by atoms with Gasteiger partial charge in [0.05, 0.1) is 7.11 Å². The van der Waals surface area contributed by atoms with Crippen LogP contribution in [0.3, 0.4) is 0 Å². The van der Waals surface area contributed by atoms with Crippen LogP contribution in [0.4, 0.5) is 23.0 Å². The topological polar surface area (TPSA) is 123 Å². The first-order chi connectivity index (χ1) is 13.7. The van der Waals surface area contributed by atoms with Crippen molar-refractivity contribution in [1.29, 1.82) is 0 Å². The van der Waals surface area contributed by atoms with Crippen LogP contribution in [-0.2, 0) is 4.79 Å². The fourth-order valence-corrected chi connectivity index (χ4v) is 2.24. The number of nitrogens with two attached hydrogens (primary N) is 1. The number of nitrogens with one attached hydrogen (secondary N) is 3. The van der Waals surface area contributed by atoms with Crippen LogP contribution in [0, 0.1) is 0 Å². The molecule has 0 saturated heterocycles. The Morgan fingerprint density at radius 3 is 2.43 bits per heavy atom. The number of nitrogens with zero attached hydrogens (tertiary/aromatic N) is 2. The van der Waals surface area contributed by atoms with E-state index in [0.29, 0.717) is 11.6 Å². The molecule has 2 aromatic carbocycles. The molecule has 0 spiro atoms. The zero-order chi connectivity index (χ0) is 19.8. The number of para-hydroxylation sites is 1. The van der Waals surface area contributed by atoms with Gasteiger partial charge in [0.15, 0.2) is 18.2 Å². The van der Waals surface area contributed by atoms with E-state index in [1.165, 1.54) is 6.33 Å². The van der Waals surface area contributed by atoms with Gasteiger partial charge in [0, 0.05) is 5.69 Å². The highest BCUT2D eigenvalue weighted by atomic mass is 16.5. The number of amides is 1. The van der Waals surface area contributed by atoms with Gasteiger partial charge >= 0.3 is 0 Å². The first-order valence-corrected chi connectivity index (χ1v) is 8.40. The molecule has 0 fully saturated rings. The van der Waals surface area contributed by atoms with Gasteiger partial charge in [-0.25, -0.2) is 9.97 Å². The number of carbonyl (C=O) groups excluding carboxylic acids is 1. The van der Waals surface area contributed by atoms with Gasteiger partial charge in [-0.15, -0.1) is 0 Å². The van der Waals surface area contributed by atoms with Gasteiger partial charge in [0.1, 0.15) is 23.5 Å². The van der Waals surface area contributed by atoms with Crippen molar-refractivity contribution in [3.63, 3.8) is 0 Å². The van der Waals surface area contributed by atoms with Crippen molar-refractivity contribution in [3.8, 4) is 11.5 Å². The van der Waals surface area contributed by atoms with Crippen LogP contribution < -0.4 is 31.4 Å². The van der Waals surface area contributed by atoms with E-state index in [2.05, 4.69) is 26.1 Å². The molecule has 28 heavy (non-hydrogen) atoms. The highest BCUT2D eigenvalue weighted by Gasteiger charge is 2.10. The van der Waals surface area contributed by atoms with E-state index >= 15 is 0 Å². The van der Waals surface area contributed by atoms with Crippen molar-refractivity contribution in [2.24, 2.45) is 0 Å². The summed E-state index contributed by atoms with van der Waals surface area (Å²) in [6.07, 6.45) is 1.33. The number of benzene rings is 2. The number of carbonyl (C=O) groups is 1. The fraction of sp³-hybridized carbons (Fsp3) is 0.105. The van der Waals surface area contributed by atoms with Crippen molar-refractivity contribution >= 4 is 28.9 Å². The van der Waals surface area contributed by atoms with Crippen LogP contribution in [0.2, 0.25) is 0 Å². The van der Waals surface area contributed by atoms with Gasteiger partial charge in [0.2, 0.25) is 0 Å². The summed E-state index contributed by atoms with van der Waals surface area (Å²) < 4.78 is 10.5. The maximum absolute atomic E-state index is 11.9. The van der Waals surface area contributed by atoms with Gasteiger partial charge in [-0.2, -0.15) is 0 Å². The molecule has 0 aliphatic heterocycles. The highest BCUT2D eigenvalue weighted by Crippen LogP contribution is 2.26. The van der Waals surface area contributed by atoms with Crippen LogP contribution in [0.15, 0.2) is 60.9 Å². The van der Waals surface area contributed by atoms with E-state index in [1.807, 2.05) is 42.5 Å². The average molecular weight is 380 g/mol. The monoisotopic (exact) mass is 380 g/mol. The van der Waals surface area contributed by atoms with E-state index < -0.39 is 0 Å². The van der Waals surface area contributed by atoms with Gasteiger partial charge in [0.25, 0.3) is 5.91 Å². The van der Waals surface area contributed by atoms with E-state index in [0.717, 1.165) is 11.4 Å². The molecule has 9 nitrogen and oxygen atoms in total. The third-order valence-corrected chi connectivity index (χ3v) is 3.67. The molecule has 5 N–H and O–H groups in total. The standard InChI is InChI=1S/C19H20N6O3/c1-27-14-9-7-13(8-10-14)23-18-17(20)19(22-12-21-18)25-24-16(26)11-28-15-5-3-2-4-6-15/h2-10,12H,11,20H2,1H3,(H,24,26)(H2,21,22,23,25). The Morgan fingerprint density at radius 1 is 1.00 bits per heavy atom. The molecule has 3 rings (SSSR count). The first-order valence-electron chi connectivity index (χ1n) is 8.40. The Bertz CT molecular complexity index is 919.